The molecule has 0 aromatic carbocycles. The van der Waals surface area contributed by atoms with E-state index in [4.69, 9.17) is 9.47 Å². The highest BCUT2D eigenvalue weighted by Gasteiger charge is 2.41. The van der Waals surface area contributed by atoms with E-state index in [1.807, 2.05) is 0 Å². The van der Waals surface area contributed by atoms with Gasteiger partial charge >= 0.3 is 5.97 Å². The van der Waals surface area contributed by atoms with Crippen LogP contribution >= 0.6 is 31.9 Å². The van der Waals surface area contributed by atoms with Gasteiger partial charge < -0.3 is 9.47 Å². The molecule has 2 aliphatic rings. The van der Waals surface area contributed by atoms with Gasteiger partial charge in [-0.25, -0.2) is 4.79 Å². The number of allylic oxidation sites excluding steroid dienone is 1. The molecule has 2 heterocycles. The molecule has 3 nitrogen and oxygen atoms in total. The first-order chi connectivity index (χ1) is 6.11. The van der Waals surface area contributed by atoms with Crippen molar-refractivity contribution in [3.8, 4) is 0 Å². The molecule has 5 heteroatoms. The summed E-state index contributed by atoms with van der Waals surface area (Å²) >= 11 is 6.94. The second kappa shape index (κ2) is 3.28. The van der Waals surface area contributed by atoms with Crippen LogP contribution in [0.25, 0.3) is 0 Å². The molecule has 0 aromatic heterocycles. The zero-order valence-electron chi connectivity index (χ0n) is 6.81. The molecule has 2 rings (SSSR count). The van der Waals surface area contributed by atoms with Gasteiger partial charge in [0.1, 0.15) is 8.99 Å². The lowest BCUT2D eigenvalue weighted by atomic mass is 10.1. The van der Waals surface area contributed by atoms with Crippen LogP contribution in [0.3, 0.4) is 0 Å². The zero-order valence-corrected chi connectivity index (χ0v) is 9.98. The van der Waals surface area contributed by atoms with E-state index in [-0.39, 0.29) is 9.20 Å². The quantitative estimate of drug-likeness (QED) is 0.390. The Morgan fingerprint density at radius 1 is 1.23 bits per heavy atom. The smallest absolute Gasteiger partial charge is 0.337 e. The fourth-order valence-corrected chi connectivity index (χ4v) is 2.48. The minimum Gasteiger partial charge on any atom is -0.495 e. The minimum atomic E-state index is -0.362. The van der Waals surface area contributed by atoms with Crippen molar-refractivity contribution in [1.82, 2.24) is 0 Å². The van der Waals surface area contributed by atoms with Crippen LogP contribution in [0, 0.1) is 0 Å². The van der Waals surface area contributed by atoms with Crippen LogP contribution in [0.5, 0.6) is 0 Å². The largest absolute Gasteiger partial charge is 0.495 e. The molecule has 0 bridgehead atoms. The van der Waals surface area contributed by atoms with Gasteiger partial charge in [-0.1, -0.05) is 31.9 Å². The van der Waals surface area contributed by atoms with Crippen LogP contribution in [-0.4, -0.2) is 22.4 Å². The Labute approximate surface area is 92.7 Å². The fourth-order valence-electron chi connectivity index (χ4n) is 1.45. The summed E-state index contributed by atoms with van der Waals surface area (Å²) in [4.78, 5) is 11.2. The average Bonchev–Trinajstić information content (AvgIpc) is 2.56. The Morgan fingerprint density at radius 3 is 2.46 bits per heavy atom. The van der Waals surface area contributed by atoms with Crippen molar-refractivity contribution in [2.45, 2.75) is 16.1 Å². The first-order valence-corrected chi connectivity index (χ1v) is 5.61. The molecule has 72 valence electrons. The van der Waals surface area contributed by atoms with Gasteiger partial charge in [0.05, 0.1) is 18.8 Å². The van der Waals surface area contributed by atoms with E-state index in [0.29, 0.717) is 31.0 Å². The number of cyclic esters (lactones) is 1. The molecule has 0 aliphatic carbocycles. The fraction of sp³-hybridized carbons (Fsp3) is 0.625. The van der Waals surface area contributed by atoms with Gasteiger partial charge in [-0.15, -0.1) is 0 Å². The Kier molecular flexibility index (Phi) is 2.40. The Bertz CT molecular complexity index is 283. The third-order valence-electron chi connectivity index (χ3n) is 2.10. The Morgan fingerprint density at radius 2 is 2.00 bits per heavy atom. The predicted molar refractivity (Wildman–Crippen MR) is 53.8 cm³/mol. The lowest BCUT2D eigenvalue weighted by molar-refractivity contribution is -0.135. The topological polar surface area (TPSA) is 35.5 Å². The van der Waals surface area contributed by atoms with Gasteiger partial charge in [0.25, 0.3) is 0 Å². The standard InChI is InChI=1S/C8H8Br2O3/c9-8(10)2-4-12-6(8)5-1-3-13-7(5)11/h1-4H2/b6-5+. The summed E-state index contributed by atoms with van der Waals surface area (Å²) in [6.45, 7) is 1.10. The maximum absolute atomic E-state index is 11.2. The second-order valence-corrected chi connectivity index (χ2v) is 6.77. The number of alkyl halides is 2. The van der Waals surface area contributed by atoms with Crippen molar-refractivity contribution in [3.05, 3.63) is 11.3 Å². The van der Waals surface area contributed by atoms with Crippen molar-refractivity contribution in [2.75, 3.05) is 13.2 Å². The highest BCUT2D eigenvalue weighted by Crippen LogP contribution is 2.45. The molecule has 0 atom stereocenters. The summed E-state index contributed by atoms with van der Waals surface area (Å²) in [7, 11) is 0. The third-order valence-corrected chi connectivity index (χ3v) is 3.61. The summed E-state index contributed by atoms with van der Waals surface area (Å²) in [5.74, 6) is 0.440. The summed E-state index contributed by atoms with van der Waals surface area (Å²) in [5, 5.41) is 0. The maximum atomic E-state index is 11.2. The van der Waals surface area contributed by atoms with Crippen LogP contribution in [0.4, 0.5) is 0 Å². The Balaban J connectivity index is 2.37. The molecular formula is C8H8Br2O3. The number of rotatable bonds is 0. The molecule has 13 heavy (non-hydrogen) atoms. The number of ether oxygens (including phenoxy) is 2. The van der Waals surface area contributed by atoms with E-state index < -0.39 is 0 Å². The number of carbonyl (C=O) groups excluding carboxylic acids is 1. The predicted octanol–water partition coefficient (Wildman–Crippen LogP) is 2.09. The van der Waals surface area contributed by atoms with Crippen molar-refractivity contribution >= 4 is 37.8 Å². The van der Waals surface area contributed by atoms with Gasteiger partial charge in [0, 0.05) is 12.8 Å². The van der Waals surface area contributed by atoms with Crippen LogP contribution in [0.2, 0.25) is 0 Å². The summed E-state index contributed by atoms with van der Waals surface area (Å²) in [5.41, 5.74) is 0.659. The van der Waals surface area contributed by atoms with E-state index in [1.54, 1.807) is 0 Å². The SMILES string of the molecule is O=C1OCC/C1=C1\OCCC1(Br)Br. The molecule has 2 fully saturated rings. The summed E-state index contributed by atoms with van der Waals surface area (Å²) < 4.78 is 9.90. The molecule has 2 saturated heterocycles. The van der Waals surface area contributed by atoms with E-state index in [0.717, 1.165) is 6.42 Å². The summed E-state index contributed by atoms with van der Waals surface area (Å²) in [6, 6.07) is 0. The van der Waals surface area contributed by atoms with Crippen LogP contribution in [0.15, 0.2) is 11.3 Å². The molecule has 0 unspecified atom stereocenters. The van der Waals surface area contributed by atoms with Gasteiger partial charge in [-0.2, -0.15) is 0 Å². The van der Waals surface area contributed by atoms with Gasteiger partial charge in [-0.05, 0) is 0 Å². The number of hydrogen-bond acceptors (Lipinski definition) is 3. The Hall–Kier alpha value is -0.0300. The second-order valence-electron chi connectivity index (χ2n) is 3.00. The summed E-state index contributed by atoms with van der Waals surface area (Å²) in [6.07, 6.45) is 1.46. The van der Waals surface area contributed by atoms with E-state index >= 15 is 0 Å². The van der Waals surface area contributed by atoms with Gasteiger partial charge in [0.2, 0.25) is 0 Å². The minimum absolute atomic E-state index is 0.250. The first kappa shape index (κ1) is 9.52. The average molecular weight is 312 g/mol. The van der Waals surface area contributed by atoms with Crippen molar-refractivity contribution < 1.29 is 14.3 Å². The van der Waals surface area contributed by atoms with Crippen molar-refractivity contribution in [3.63, 3.8) is 0 Å². The van der Waals surface area contributed by atoms with E-state index in [9.17, 15) is 4.79 Å². The molecular weight excluding hydrogens is 304 g/mol. The number of hydrogen-bond donors (Lipinski definition) is 0. The molecule has 0 aromatic rings. The van der Waals surface area contributed by atoms with Crippen molar-refractivity contribution in [1.29, 1.82) is 0 Å². The molecule has 0 saturated carbocycles. The highest BCUT2D eigenvalue weighted by molar-refractivity contribution is 9.25. The van der Waals surface area contributed by atoms with Crippen LogP contribution in [0.1, 0.15) is 12.8 Å². The molecule has 2 aliphatic heterocycles. The highest BCUT2D eigenvalue weighted by atomic mass is 79.9. The molecule has 0 N–H and O–H groups in total. The first-order valence-electron chi connectivity index (χ1n) is 4.02. The normalized spacial score (nSPS) is 31.7. The third kappa shape index (κ3) is 1.64. The van der Waals surface area contributed by atoms with E-state index in [2.05, 4.69) is 31.9 Å². The van der Waals surface area contributed by atoms with Crippen LogP contribution < -0.4 is 0 Å². The number of carbonyl (C=O) groups is 1. The molecule has 0 amide bonds. The monoisotopic (exact) mass is 310 g/mol. The zero-order chi connectivity index (χ0) is 9.47. The van der Waals surface area contributed by atoms with Crippen molar-refractivity contribution in [2.24, 2.45) is 0 Å². The number of halogens is 2. The van der Waals surface area contributed by atoms with E-state index in [1.165, 1.54) is 0 Å². The van der Waals surface area contributed by atoms with Gasteiger partial charge in [0.15, 0.2) is 0 Å². The lowest BCUT2D eigenvalue weighted by Gasteiger charge is -2.13. The van der Waals surface area contributed by atoms with Crippen LogP contribution in [-0.2, 0) is 14.3 Å². The molecule has 0 radical (unpaired) electrons. The maximum Gasteiger partial charge on any atom is 0.337 e. The van der Waals surface area contributed by atoms with Gasteiger partial charge in [-0.3, -0.25) is 0 Å². The number of esters is 1. The molecule has 0 spiro atoms. The lowest BCUT2D eigenvalue weighted by Crippen LogP contribution is -2.12.